The van der Waals surface area contributed by atoms with Crippen LogP contribution in [0.3, 0.4) is 0 Å². The molecule has 0 saturated heterocycles. The number of phenolic OH excluding ortho intramolecular Hbond substituents is 2. The average Bonchev–Trinajstić information content (AvgIpc) is 2.44. The highest BCUT2D eigenvalue weighted by Crippen LogP contribution is 2.41. The Morgan fingerprint density at radius 1 is 1.09 bits per heavy atom. The number of rotatable bonds is 3. The van der Waals surface area contributed by atoms with Crippen molar-refractivity contribution in [2.24, 2.45) is 0 Å². The molecular formula is C13H7Cl3FNO4. The fourth-order valence-electron chi connectivity index (χ4n) is 1.90. The van der Waals surface area contributed by atoms with Crippen LogP contribution in [0.1, 0.15) is 11.1 Å². The van der Waals surface area contributed by atoms with Gasteiger partial charge in [-0.3, -0.25) is 10.1 Å². The van der Waals surface area contributed by atoms with Crippen molar-refractivity contribution < 1.29 is 19.5 Å². The topological polar surface area (TPSA) is 83.6 Å². The van der Waals surface area contributed by atoms with Gasteiger partial charge in [0, 0.05) is 17.5 Å². The summed E-state index contributed by atoms with van der Waals surface area (Å²) in [7, 11) is 0. The second kappa shape index (κ2) is 6.16. The number of nitro benzene ring substituents is 1. The summed E-state index contributed by atoms with van der Waals surface area (Å²) in [5.41, 5.74) is -0.907. The summed E-state index contributed by atoms with van der Waals surface area (Å²) in [6.07, 6.45) is -0.296. The van der Waals surface area contributed by atoms with Gasteiger partial charge in [0.15, 0.2) is 5.75 Å². The number of phenols is 2. The summed E-state index contributed by atoms with van der Waals surface area (Å²) in [6, 6.07) is 2.70. The smallest absolute Gasteiger partial charge is 0.313 e. The summed E-state index contributed by atoms with van der Waals surface area (Å²) in [5.74, 6) is -2.04. The minimum atomic E-state index is -0.922. The Hall–Kier alpha value is -1.76. The lowest BCUT2D eigenvalue weighted by Crippen LogP contribution is -1.97. The van der Waals surface area contributed by atoms with Crippen molar-refractivity contribution in [2.75, 3.05) is 0 Å². The molecule has 0 amide bonds. The van der Waals surface area contributed by atoms with E-state index in [1.54, 1.807) is 0 Å². The van der Waals surface area contributed by atoms with Gasteiger partial charge in [0.05, 0.1) is 26.1 Å². The molecule has 2 aromatic carbocycles. The number of halogens is 4. The summed E-state index contributed by atoms with van der Waals surface area (Å²) < 4.78 is 13.5. The highest BCUT2D eigenvalue weighted by molar-refractivity contribution is 6.44. The van der Waals surface area contributed by atoms with Gasteiger partial charge in [-0.25, -0.2) is 4.39 Å². The summed E-state index contributed by atoms with van der Waals surface area (Å²) in [6.45, 7) is 0. The second-order valence-electron chi connectivity index (χ2n) is 4.35. The Labute approximate surface area is 138 Å². The molecule has 0 heterocycles. The van der Waals surface area contributed by atoms with E-state index in [2.05, 4.69) is 0 Å². The Balaban J connectivity index is 2.60. The normalized spacial score (nSPS) is 10.7. The van der Waals surface area contributed by atoms with E-state index in [4.69, 9.17) is 34.8 Å². The highest BCUT2D eigenvalue weighted by Gasteiger charge is 2.22. The van der Waals surface area contributed by atoms with Gasteiger partial charge in [-0.05, 0) is 12.1 Å². The van der Waals surface area contributed by atoms with Gasteiger partial charge < -0.3 is 10.2 Å². The van der Waals surface area contributed by atoms with Gasteiger partial charge in [-0.2, -0.15) is 0 Å². The lowest BCUT2D eigenvalue weighted by Gasteiger charge is -2.11. The lowest BCUT2D eigenvalue weighted by molar-refractivity contribution is -0.386. The second-order valence-corrected chi connectivity index (χ2v) is 5.54. The van der Waals surface area contributed by atoms with Crippen LogP contribution in [0.5, 0.6) is 11.5 Å². The van der Waals surface area contributed by atoms with Gasteiger partial charge in [0.2, 0.25) is 0 Å². The molecule has 0 aliphatic heterocycles. The van der Waals surface area contributed by atoms with Crippen LogP contribution in [0.4, 0.5) is 10.1 Å². The van der Waals surface area contributed by atoms with Crippen molar-refractivity contribution in [3.63, 3.8) is 0 Å². The van der Waals surface area contributed by atoms with Gasteiger partial charge in [-0.15, -0.1) is 0 Å². The number of nitrogens with zero attached hydrogens (tertiary/aromatic N) is 1. The van der Waals surface area contributed by atoms with Crippen LogP contribution in [0.25, 0.3) is 0 Å². The zero-order valence-electron chi connectivity index (χ0n) is 10.6. The van der Waals surface area contributed by atoms with Crippen LogP contribution in [0, 0.1) is 15.9 Å². The van der Waals surface area contributed by atoms with E-state index in [0.717, 1.165) is 6.07 Å². The van der Waals surface area contributed by atoms with Crippen LogP contribution in [-0.4, -0.2) is 15.1 Å². The van der Waals surface area contributed by atoms with Crippen molar-refractivity contribution in [3.8, 4) is 11.5 Å². The van der Waals surface area contributed by atoms with Gasteiger partial charge in [0.1, 0.15) is 11.6 Å². The Kier molecular flexibility index (Phi) is 4.65. The Morgan fingerprint density at radius 2 is 1.73 bits per heavy atom. The van der Waals surface area contributed by atoms with E-state index in [1.807, 2.05) is 0 Å². The summed E-state index contributed by atoms with van der Waals surface area (Å²) in [4.78, 5) is 9.86. The van der Waals surface area contributed by atoms with E-state index in [-0.39, 0.29) is 32.6 Å². The molecular weight excluding hydrogens is 360 g/mol. The molecule has 0 fully saturated rings. The number of aromatic hydroxyl groups is 2. The zero-order chi connectivity index (χ0) is 16.6. The highest BCUT2D eigenvalue weighted by atomic mass is 35.5. The van der Waals surface area contributed by atoms with E-state index in [9.17, 15) is 24.7 Å². The minimum Gasteiger partial charge on any atom is -0.506 e. The predicted octanol–water partition coefficient (Wildman–Crippen LogP) is 4.70. The van der Waals surface area contributed by atoms with E-state index in [0.29, 0.717) is 6.07 Å². The molecule has 22 heavy (non-hydrogen) atoms. The third-order valence-corrected chi connectivity index (χ3v) is 4.05. The monoisotopic (exact) mass is 365 g/mol. The number of benzene rings is 2. The average molecular weight is 367 g/mol. The van der Waals surface area contributed by atoms with Crippen molar-refractivity contribution in [1.29, 1.82) is 0 Å². The van der Waals surface area contributed by atoms with Crippen LogP contribution >= 0.6 is 34.8 Å². The first kappa shape index (κ1) is 16.6. The first-order valence-electron chi connectivity index (χ1n) is 5.73. The largest absolute Gasteiger partial charge is 0.506 e. The maximum atomic E-state index is 13.5. The molecule has 0 aromatic heterocycles. The van der Waals surface area contributed by atoms with Crippen LogP contribution in [-0.2, 0) is 6.42 Å². The molecule has 2 rings (SSSR count). The molecule has 116 valence electrons. The predicted molar refractivity (Wildman–Crippen MR) is 80.7 cm³/mol. The molecule has 0 aliphatic carbocycles. The molecule has 0 saturated carbocycles. The quantitative estimate of drug-likeness (QED) is 0.469. The van der Waals surface area contributed by atoms with Crippen molar-refractivity contribution in [1.82, 2.24) is 0 Å². The molecule has 0 atom stereocenters. The maximum absolute atomic E-state index is 13.5. The molecule has 0 radical (unpaired) electrons. The molecule has 0 aliphatic rings. The van der Waals surface area contributed by atoms with Crippen molar-refractivity contribution in [2.45, 2.75) is 6.42 Å². The molecule has 5 nitrogen and oxygen atoms in total. The van der Waals surface area contributed by atoms with E-state index < -0.39 is 27.9 Å². The SMILES string of the molecule is O=[N+]([O-])c1cc(F)cc(Cc2c(O)c(Cl)cc(Cl)c2Cl)c1O. The molecule has 0 spiro atoms. The third-order valence-electron chi connectivity index (χ3n) is 2.94. The first-order chi connectivity index (χ1) is 10.2. The Morgan fingerprint density at radius 3 is 2.32 bits per heavy atom. The maximum Gasteiger partial charge on any atom is 0.313 e. The summed E-state index contributed by atoms with van der Waals surface area (Å²) >= 11 is 17.6. The lowest BCUT2D eigenvalue weighted by atomic mass is 10.0. The van der Waals surface area contributed by atoms with Crippen LogP contribution < -0.4 is 0 Å². The van der Waals surface area contributed by atoms with E-state index in [1.165, 1.54) is 6.07 Å². The molecule has 0 unspecified atom stereocenters. The Bertz CT molecular complexity index is 756. The molecule has 9 heteroatoms. The molecule has 2 N–H and O–H groups in total. The number of hydrogen-bond donors (Lipinski definition) is 2. The van der Waals surface area contributed by atoms with Crippen molar-refractivity contribution >= 4 is 40.5 Å². The van der Waals surface area contributed by atoms with Crippen LogP contribution in [0.2, 0.25) is 15.1 Å². The minimum absolute atomic E-state index is 0.0226. The van der Waals surface area contributed by atoms with E-state index >= 15 is 0 Å². The fourth-order valence-corrected chi connectivity index (χ4v) is 2.61. The standard InChI is InChI=1S/C13H7Cl3FNO4/c14-8-4-9(15)13(20)7(11(8)16)2-5-1-6(17)3-10(12(5)19)18(21)22/h1,3-4,19-20H,2H2. The zero-order valence-corrected chi connectivity index (χ0v) is 12.9. The molecule has 0 bridgehead atoms. The number of hydrogen-bond acceptors (Lipinski definition) is 4. The fraction of sp³-hybridized carbons (Fsp3) is 0.0769. The molecule has 2 aromatic rings. The van der Waals surface area contributed by atoms with Gasteiger partial charge >= 0.3 is 5.69 Å². The van der Waals surface area contributed by atoms with Crippen LogP contribution in [0.15, 0.2) is 18.2 Å². The van der Waals surface area contributed by atoms with Crippen molar-refractivity contribution in [3.05, 3.63) is 60.3 Å². The summed E-state index contributed by atoms with van der Waals surface area (Å²) in [5, 5.41) is 30.5. The first-order valence-corrected chi connectivity index (χ1v) is 6.86. The van der Waals surface area contributed by atoms with Gasteiger partial charge in [-0.1, -0.05) is 34.8 Å². The van der Waals surface area contributed by atoms with Gasteiger partial charge in [0.25, 0.3) is 0 Å². The number of nitro groups is 1. The third kappa shape index (κ3) is 3.04.